The Morgan fingerprint density at radius 1 is 0.691 bits per heavy atom. The summed E-state index contributed by atoms with van der Waals surface area (Å²) in [5, 5.41) is 58.3. The van der Waals surface area contributed by atoms with E-state index in [0.29, 0.717) is 16.7 Å². The molecule has 0 radical (unpaired) electrons. The Bertz CT molecular complexity index is 1880. The molecule has 0 fully saturated rings. The monoisotopic (exact) mass is 758 g/mol. The quantitative estimate of drug-likeness (QED) is 0.0510. The first-order valence-electron chi connectivity index (χ1n) is 16.5. The molecule has 0 saturated carbocycles. The molecular formula is C39H46N6O10. The molecule has 0 aliphatic rings. The minimum absolute atomic E-state index is 0.128. The maximum absolute atomic E-state index is 12.4. The van der Waals surface area contributed by atoms with Crippen LogP contribution >= 0.6 is 0 Å². The predicted molar refractivity (Wildman–Crippen MR) is 202 cm³/mol. The number of nitrogens with one attached hydrogen (secondary N) is 4. The summed E-state index contributed by atoms with van der Waals surface area (Å²) in [5.74, 6) is 18.5. The summed E-state index contributed by atoms with van der Waals surface area (Å²) in [6.07, 6.45) is -1.51. The molecule has 4 amide bonds. The molecule has 55 heavy (non-hydrogen) atoms. The zero-order valence-electron chi connectivity index (χ0n) is 30.8. The number of amides is 4. The lowest BCUT2D eigenvalue weighted by Crippen LogP contribution is -2.61. The molecule has 2 aromatic rings. The molecule has 2 aromatic carbocycles. The zero-order chi connectivity index (χ0) is 41.6. The largest absolute Gasteiger partial charge is 0.394 e. The van der Waals surface area contributed by atoms with Gasteiger partial charge >= 0.3 is 0 Å². The van der Waals surface area contributed by atoms with Crippen LogP contribution in [0.1, 0.15) is 72.4 Å². The summed E-state index contributed by atoms with van der Waals surface area (Å²) < 4.78 is 0. The summed E-state index contributed by atoms with van der Waals surface area (Å²) >= 11 is 0. The maximum Gasteiger partial charge on any atom is 0.268 e. The molecule has 4 atom stereocenters. The van der Waals surface area contributed by atoms with Crippen LogP contribution in [0.4, 0.5) is 0 Å². The van der Waals surface area contributed by atoms with E-state index in [-0.39, 0.29) is 31.6 Å². The van der Waals surface area contributed by atoms with E-state index in [1.165, 1.54) is 35.2 Å². The average molecular weight is 759 g/mol. The number of aliphatic hydroxyl groups is 4. The van der Waals surface area contributed by atoms with Crippen molar-refractivity contribution in [2.75, 3.05) is 13.2 Å². The number of carbonyl (C=O) groups excluding carboxylic acids is 4. The van der Waals surface area contributed by atoms with Crippen molar-refractivity contribution in [2.45, 2.75) is 75.9 Å². The van der Waals surface area contributed by atoms with E-state index < -0.39 is 59.0 Å². The fourth-order valence-corrected chi connectivity index (χ4v) is 3.97. The lowest BCUT2D eigenvalue weighted by atomic mass is 9.94. The molecule has 16 heteroatoms. The number of benzene rings is 2. The van der Waals surface area contributed by atoms with Gasteiger partial charge in [-0.3, -0.25) is 34.6 Å². The van der Waals surface area contributed by atoms with E-state index in [2.05, 4.69) is 69.7 Å². The van der Waals surface area contributed by atoms with Gasteiger partial charge in [-0.1, -0.05) is 23.7 Å². The number of rotatable bonds is 13. The van der Waals surface area contributed by atoms with Crippen LogP contribution in [0.5, 0.6) is 0 Å². The fourth-order valence-electron chi connectivity index (χ4n) is 3.97. The van der Waals surface area contributed by atoms with Crippen molar-refractivity contribution in [3.05, 3.63) is 70.8 Å². The van der Waals surface area contributed by atoms with Crippen LogP contribution in [-0.4, -0.2) is 110 Å². The number of aliphatic imine (C=N–C) groups is 1. The van der Waals surface area contributed by atoms with Gasteiger partial charge in [0.05, 0.1) is 31.0 Å². The van der Waals surface area contributed by atoms with Crippen molar-refractivity contribution >= 4 is 30.3 Å². The van der Waals surface area contributed by atoms with Gasteiger partial charge in [0.15, 0.2) is 0 Å². The Morgan fingerprint density at radius 2 is 1.05 bits per heavy atom. The maximum atomic E-state index is 12.4. The van der Waals surface area contributed by atoms with Gasteiger partial charge in [-0.25, -0.2) is 11.0 Å². The third-order valence-corrected chi connectivity index (χ3v) is 7.26. The highest BCUT2D eigenvalue weighted by Crippen LogP contribution is 2.16. The number of aliphatic hydroxyl groups excluding tert-OH is 4. The third-order valence-electron chi connectivity index (χ3n) is 7.26. The van der Waals surface area contributed by atoms with Crippen molar-refractivity contribution in [1.82, 2.24) is 21.6 Å². The Balaban J connectivity index is 0.000000550. The van der Waals surface area contributed by atoms with Crippen molar-refractivity contribution in [1.29, 1.82) is 0 Å². The molecular weight excluding hydrogens is 712 g/mol. The zero-order valence-corrected chi connectivity index (χ0v) is 30.8. The summed E-state index contributed by atoms with van der Waals surface area (Å²) in [4.78, 5) is 52.1. The molecule has 0 saturated heterocycles. The van der Waals surface area contributed by atoms with Crippen molar-refractivity contribution in [3.8, 4) is 47.4 Å². The number of nitrogens with zero attached hydrogens (tertiary/aromatic N) is 1. The number of hydroxylamine groups is 2. The molecule has 2 rings (SSSR count). The Labute approximate surface area is 319 Å². The van der Waals surface area contributed by atoms with Crippen molar-refractivity contribution in [3.63, 3.8) is 0 Å². The van der Waals surface area contributed by atoms with Crippen LogP contribution in [0.2, 0.25) is 0 Å². The Morgan fingerprint density at radius 3 is 1.38 bits per heavy atom. The SMILES string of the molecule is C=NC(C)(C)[C@H](NC(=O)c1ccc(C#CC#CCC(O)CO)cc1)C(=O)NO.CC(C)(N)[C@H](NC(=O)c1ccc(C#CC#CCC(O)CO)cc1)C(=O)NO. The minimum Gasteiger partial charge on any atom is -0.394 e. The molecule has 0 aromatic heterocycles. The first-order valence-corrected chi connectivity index (χ1v) is 16.5. The number of nitrogens with two attached hydrogens (primary N) is 1. The van der Waals surface area contributed by atoms with Gasteiger partial charge in [0, 0.05) is 40.6 Å². The number of hydrogen-bond acceptors (Lipinski definition) is 12. The van der Waals surface area contributed by atoms with Gasteiger partial charge in [0.1, 0.15) is 12.1 Å². The van der Waals surface area contributed by atoms with Crippen LogP contribution in [0.25, 0.3) is 0 Å². The first kappa shape index (κ1) is 47.0. The Hall–Kier alpha value is -6.05. The van der Waals surface area contributed by atoms with E-state index in [1.54, 1.807) is 52.0 Å². The van der Waals surface area contributed by atoms with Crippen LogP contribution < -0.4 is 27.3 Å². The molecule has 0 heterocycles. The van der Waals surface area contributed by atoms with Gasteiger partial charge in [0.25, 0.3) is 23.6 Å². The lowest BCUT2D eigenvalue weighted by molar-refractivity contribution is -0.133. The van der Waals surface area contributed by atoms with Crippen LogP contribution in [0, 0.1) is 47.4 Å². The molecule has 292 valence electrons. The average Bonchev–Trinajstić information content (AvgIpc) is 3.17. The molecule has 16 nitrogen and oxygen atoms in total. The molecule has 0 bridgehead atoms. The summed E-state index contributed by atoms with van der Waals surface area (Å²) in [5.41, 5.74) is 8.56. The van der Waals surface area contributed by atoms with Crippen LogP contribution in [-0.2, 0) is 9.59 Å². The fraction of sp³-hybridized carbons (Fsp3) is 0.359. The summed E-state index contributed by atoms with van der Waals surface area (Å²) in [6, 6.07) is 10.3. The normalized spacial score (nSPS) is 12.4. The molecule has 12 N–H and O–H groups in total. The number of hydrogen-bond donors (Lipinski definition) is 11. The van der Waals surface area contributed by atoms with E-state index in [0.717, 1.165) is 0 Å². The standard InChI is InChI=1S/C20H23N3O5.C19H23N3O5/c1-20(2,21-3)17(19(27)23-28)22-18(26)15-11-9-14(10-12-15)7-5-4-6-8-16(25)13-24;1-19(2,20)16(18(26)22-27)21-17(25)14-10-8-13(9-11-14)6-4-3-5-7-15(24)12-23/h9-12,16-17,24-25,28H,3,8,13H2,1-2H3,(H,22,26)(H,23,27);8-11,15-16,23-24,27H,7,12,20H2,1-2H3,(H,21,25)(H,22,26)/t16?,17-;15?,16-/m11/s1. The van der Waals surface area contributed by atoms with Crippen LogP contribution in [0.3, 0.4) is 0 Å². The molecule has 2 unspecified atom stereocenters. The van der Waals surface area contributed by atoms with E-state index >= 15 is 0 Å². The van der Waals surface area contributed by atoms with Crippen molar-refractivity contribution in [2.24, 2.45) is 10.7 Å². The number of carbonyl (C=O) groups is 4. The van der Waals surface area contributed by atoms with Gasteiger partial charge < -0.3 is 36.8 Å². The second-order valence-corrected chi connectivity index (χ2v) is 12.7. The summed E-state index contributed by atoms with van der Waals surface area (Å²) in [7, 11) is 0. The second kappa shape index (κ2) is 23.6. The highest BCUT2D eigenvalue weighted by Gasteiger charge is 2.36. The van der Waals surface area contributed by atoms with E-state index in [4.69, 9.17) is 36.6 Å². The second-order valence-electron chi connectivity index (χ2n) is 12.7. The topological polar surface area (TPSA) is 276 Å². The highest BCUT2D eigenvalue weighted by atomic mass is 16.5. The molecule has 0 aliphatic carbocycles. The van der Waals surface area contributed by atoms with Gasteiger partial charge in [-0.2, -0.15) is 0 Å². The van der Waals surface area contributed by atoms with Crippen LogP contribution in [0.15, 0.2) is 53.5 Å². The van der Waals surface area contributed by atoms with E-state index in [9.17, 15) is 19.2 Å². The smallest absolute Gasteiger partial charge is 0.268 e. The van der Waals surface area contributed by atoms with E-state index in [1.807, 2.05) is 0 Å². The Kier molecular flexibility index (Phi) is 20.1. The molecule has 0 aliphatic heterocycles. The molecule has 0 spiro atoms. The predicted octanol–water partition coefficient (Wildman–Crippen LogP) is -1.01. The van der Waals surface area contributed by atoms with Gasteiger partial charge in [0.2, 0.25) is 0 Å². The lowest BCUT2D eigenvalue weighted by Gasteiger charge is -2.29. The first-order chi connectivity index (χ1) is 25.9. The third kappa shape index (κ3) is 17.1. The van der Waals surface area contributed by atoms with Gasteiger partial charge in [-0.05, 0) is 107 Å². The highest BCUT2D eigenvalue weighted by molar-refractivity contribution is 5.98. The van der Waals surface area contributed by atoms with Crippen molar-refractivity contribution < 1.29 is 50.0 Å². The minimum atomic E-state index is -1.13. The van der Waals surface area contributed by atoms with Gasteiger partial charge in [-0.15, -0.1) is 0 Å². The summed E-state index contributed by atoms with van der Waals surface area (Å²) in [6.45, 7) is 8.98.